The Labute approximate surface area is 184 Å². The van der Waals surface area contributed by atoms with Gasteiger partial charge in [0, 0.05) is 24.9 Å². The fraction of sp³-hybridized carbons (Fsp3) is 0.400. The van der Waals surface area contributed by atoms with Crippen LogP contribution in [-0.4, -0.2) is 40.5 Å². The predicted octanol–water partition coefficient (Wildman–Crippen LogP) is 3.89. The number of unbranched alkanes of at least 4 members (excludes halogenated alkanes) is 3. The molecule has 0 fully saturated rings. The Morgan fingerprint density at radius 3 is 2.70 bits per heavy atom. The molecule has 30 heavy (non-hydrogen) atoms. The van der Waals surface area contributed by atoms with Crippen LogP contribution in [0.4, 0.5) is 5.95 Å². The zero-order valence-electron chi connectivity index (χ0n) is 16.3. The van der Waals surface area contributed by atoms with Crippen molar-refractivity contribution in [3.63, 3.8) is 0 Å². The molecule has 1 heterocycles. The molecule has 0 aliphatic carbocycles. The summed E-state index contributed by atoms with van der Waals surface area (Å²) in [6.07, 6.45) is 4.85. The summed E-state index contributed by atoms with van der Waals surface area (Å²) < 4.78 is 4.98. The summed E-state index contributed by atoms with van der Waals surface area (Å²) in [7, 11) is 0. The molecule has 4 N–H and O–H groups in total. The van der Waals surface area contributed by atoms with E-state index in [1.165, 1.54) is 0 Å². The first-order valence-corrected chi connectivity index (χ1v) is 10.3. The number of aromatic amines is 1. The first kappa shape index (κ1) is 23.9. The second-order valence-electron chi connectivity index (χ2n) is 6.64. The highest BCUT2D eigenvalue weighted by Crippen LogP contribution is 2.22. The van der Waals surface area contributed by atoms with Gasteiger partial charge in [-0.15, -0.1) is 0 Å². The van der Waals surface area contributed by atoms with E-state index in [0.29, 0.717) is 40.9 Å². The number of carboxylic acids is 1. The number of H-pyrrole nitrogens is 1. The summed E-state index contributed by atoms with van der Waals surface area (Å²) in [4.78, 5) is 29.8. The molecule has 0 bridgehead atoms. The van der Waals surface area contributed by atoms with Gasteiger partial charge in [0.2, 0.25) is 5.95 Å². The number of aliphatic carboxylic acids is 1. The number of carbonyl (C=O) groups is 1. The molecule has 162 valence electrons. The Morgan fingerprint density at radius 2 is 2.00 bits per heavy atom. The lowest BCUT2D eigenvalue weighted by Crippen LogP contribution is -2.20. The topological polar surface area (TPSA) is 128 Å². The molecule has 0 spiro atoms. The Kier molecular flexibility index (Phi) is 9.79. The quantitative estimate of drug-likeness (QED) is 0.268. The van der Waals surface area contributed by atoms with Crippen molar-refractivity contribution >= 4 is 41.3 Å². The van der Waals surface area contributed by atoms with E-state index >= 15 is 0 Å². The third kappa shape index (κ3) is 7.78. The number of benzene rings is 1. The summed E-state index contributed by atoms with van der Waals surface area (Å²) >= 11 is 11.9. The Hall–Kier alpha value is -2.42. The molecular formula is C20H24Cl2N4O4. The van der Waals surface area contributed by atoms with E-state index in [4.69, 9.17) is 38.5 Å². The van der Waals surface area contributed by atoms with Gasteiger partial charge in [-0.2, -0.15) is 0 Å². The molecule has 2 rings (SSSR count). The number of nitrogens with one attached hydrogen (secondary N) is 3. The van der Waals surface area contributed by atoms with Crippen LogP contribution in [0, 0.1) is 5.41 Å². The van der Waals surface area contributed by atoms with Gasteiger partial charge in [0.25, 0.3) is 5.56 Å². The van der Waals surface area contributed by atoms with Gasteiger partial charge in [-0.25, -0.2) is 9.78 Å². The number of hydrogen-bond donors (Lipinski definition) is 4. The number of halogens is 2. The van der Waals surface area contributed by atoms with Gasteiger partial charge in [-0.1, -0.05) is 42.1 Å². The van der Waals surface area contributed by atoms with E-state index < -0.39 is 5.97 Å². The van der Waals surface area contributed by atoms with Crippen molar-refractivity contribution < 1.29 is 14.6 Å². The van der Waals surface area contributed by atoms with E-state index in [2.05, 4.69) is 15.3 Å². The van der Waals surface area contributed by atoms with Crippen molar-refractivity contribution in [2.75, 3.05) is 18.5 Å². The maximum absolute atomic E-state index is 12.4. The lowest BCUT2D eigenvalue weighted by Gasteiger charge is -2.10. The number of ether oxygens (including phenoxy) is 1. The van der Waals surface area contributed by atoms with Gasteiger partial charge in [0.05, 0.1) is 15.7 Å². The summed E-state index contributed by atoms with van der Waals surface area (Å²) in [6.45, 7) is 0.509. The zero-order valence-corrected chi connectivity index (χ0v) is 17.9. The SMILES string of the molecule is N=Cc1nc(NCc2ccc(Cl)c(Cl)c2)[nH]c(=O)c1CCCCCCOCC(=O)O. The van der Waals surface area contributed by atoms with Gasteiger partial charge in [-0.3, -0.25) is 9.78 Å². The number of carboxylic acid groups (broad SMARTS) is 1. The zero-order chi connectivity index (χ0) is 21.9. The highest BCUT2D eigenvalue weighted by atomic mass is 35.5. The van der Waals surface area contributed by atoms with Crippen LogP contribution in [0.2, 0.25) is 10.0 Å². The maximum atomic E-state index is 12.4. The molecule has 0 atom stereocenters. The summed E-state index contributed by atoms with van der Waals surface area (Å²) in [5.74, 6) is -0.695. The van der Waals surface area contributed by atoms with E-state index in [1.54, 1.807) is 12.1 Å². The Balaban J connectivity index is 1.86. The number of rotatable bonds is 13. The minimum Gasteiger partial charge on any atom is -0.480 e. The van der Waals surface area contributed by atoms with Gasteiger partial charge in [-0.05, 0) is 37.0 Å². The largest absolute Gasteiger partial charge is 0.480 e. The Bertz CT molecular complexity index is 934. The number of nitrogens with zero attached hydrogens (tertiary/aromatic N) is 1. The van der Waals surface area contributed by atoms with Crippen molar-refractivity contribution in [1.82, 2.24) is 9.97 Å². The number of aromatic nitrogens is 2. The molecule has 1 aromatic carbocycles. The minimum atomic E-state index is -0.976. The van der Waals surface area contributed by atoms with Gasteiger partial charge >= 0.3 is 5.97 Å². The van der Waals surface area contributed by atoms with Crippen molar-refractivity contribution in [1.29, 1.82) is 5.41 Å². The van der Waals surface area contributed by atoms with Crippen LogP contribution in [0.15, 0.2) is 23.0 Å². The summed E-state index contributed by atoms with van der Waals surface area (Å²) in [6, 6.07) is 5.24. The number of anilines is 1. The Morgan fingerprint density at radius 1 is 1.23 bits per heavy atom. The van der Waals surface area contributed by atoms with Crippen LogP contribution >= 0.6 is 23.2 Å². The van der Waals surface area contributed by atoms with Gasteiger partial charge in [0.15, 0.2) is 0 Å². The monoisotopic (exact) mass is 454 g/mol. The third-order valence-corrected chi connectivity index (χ3v) is 5.06. The summed E-state index contributed by atoms with van der Waals surface area (Å²) in [5, 5.41) is 20.0. The molecule has 1 aromatic heterocycles. The lowest BCUT2D eigenvalue weighted by atomic mass is 10.1. The molecule has 0 saturated carbocycles. The van der Waals surface area contributed by atoms with E-state index in [-0.39, 0.29) is 18.1 Å². The number of hydrogen-bond acceptors (Lipinski definition) is 6. The molecule has 0 aliphatic rings. The molecule has 0 amide bonds. The highest BCUT2D eigenvalue weighted by Gasteiger charge is 2.10. The average Bonchev–Trinajstić information content (AvgIpc) is 2.71. The van der Waals surface area contributed by atoms with Gasteiger partial charge in [0.1, 0.15) is 6.61 Å². The predicted molar refractivity (Wildman–Crippen MR) is 117 cm³/mol. The third-order valence-electron chi connectivity index (χ3n) is 4.32. The molecule has 10 heteroatoms. The van der Waals surface area contributed by atoms with Crippen LogP contribution in [0.3, 0.4) is 0 Å². The smallest absolute Gasteiger partial charge is 0.329 e. The first-order chi connectivity index (χ1) is 14.4. The van der Waals surface area contributed by atoms with Crippen molar-refractivity contribution in [3.05, 3.63) is 55.4 Å². The maximum Gasteiger partial charge on any atom is 0.329 e. The van der Waals surface area contributed by atoms with Crippen LogP contribution in [0.5, 0.6) is 0 Å². The lowest BCUT2D eigenvalue weighted by molar-refractivity contribution is -0.142. The van der Waals surface area contributed by atoms with Crippen LogP contribution < -0.4 is 10.9 Å². The molecule has 2 aromatic rings. The van der Waals surface area contributed by atoms with Crippen molar-refractivity contribution in [3.8, 4) is 0 Å². The fourth-order valence-corrected chi connectivity index (χ4v) is 3.13. The molecule has 0 saturated heterocycles. The summed E-state index contributed by atoms with van der Waals surface area (Å²) in [5.41, 5.74) is 1.41. The normalized spacial score (nSPS) is 10.7. The van der Waals surface area contributed by atoms with Gasteiger partial charge < -0.3 is 20.6 Å². The average molecular weight is 455 g/mol. The van der Waals surface area contributed by atoms with E-state index in [9.17, 15) is 9.59 Å². The highest BCUT2D eigenvalue weighted by molar-refractivity contribution is 6.42. The fourth-order valence-electron chi connectivity index (χ4n) is 2.81. The standard InChI is InChI=1S/C20H24Cl2N4O4/c21-15-7-6-13(9-16(15)22)11-24-20-25-17(10-23)14(19(29)26-20)5-3-1-2-4-8-30-12-18(27)28/h6-7,9-10,23H,1-5,8,11-12H2,(H,27,28)(H2,24,25,26,29). The molecule has 0 aliphatic heterocycles. The minimum absolute atomic E-state index is 0.273. The molecule has 0 unspecified atom stereocenters. The molecule has 8 nitrogen and oxygen atoms in total. The van der Waals surface area contributed by atoms with Crippen molar-refractivity contribution in [2.45, 2.75) is 38.6 Å². The van der Waals surface area contributed by atoms with Crippen molar-refractivity contribution in [2.24, 2.45) is 0 Å². The van der Waals surface area contributed by atoms with E-state index in [0.717, 1.165) is 37.5 Å². The van der Waals surface area contributed by atoms with Crippen LogP contribution in [-0.2, 0) is 22.5 Å². The second-order valence-corrected chi connectivity index (χ2v) is 7.45. The first-order valence-electron chi connectivity index (χ1n) is 9.51. The molecular weight excluding hydrogens is 431 g/mol. The molecule has 0 radical (unpaired) electrons. The van der Waals surface area contributed by atoms with E-state index in [1.807, 2.05) is 6.07 Å². The second kappa shape index (κ2) is 12.3. The van der Waals surface area contributed by atoms with Crippen LogP contribution in [0.25, 0.3) is 0 Å². The van der Waals surface area contributed by atoms with Crippen LogP contribution in [0.1, 0.15) is 42.5 Å².